The molecule has 114 valence electrons. The molecular formula is C14H15F3N2O2. The van der Waals surface area contributed by atoms with Crippen molar-refractivity contribution in [2.24, 2.45) is 0 Å². The van der Waals surface area contributed by atoms with Crippen molar-refractivity contribution in [1.82, 2.24) is 5.32 Å². The molecule has 1 N–H and O–H groups in total. The van der Waals surface area contributed by atoms with E-state index < -0.39 is 12.4 Å². The van der Waals surface area contributed by atoms with Crippen molar-refractivity contribution in [1.29, 1.82) is 5.26 Å². The Morgan fingerprint density at radius 3 is 2.48 bits per heavy atom. The Bertz CT molecular complexity index is 506. The zero-order valence-electron chi connectivity index (χ0n) is 11.4. The average Bonchev–Trinajstić information content (AvgIpc) is 2.39. The third-order valence-electron chi connectivity index (χ3n) is 2.59. The summed E-state index contributed by atoms with van der Waals surface area (Å²) in [6, 6.07) is 6.47. The largest absolute Gasteiger partial charge is 0.573 e. The second-order valence-electron chi connectivity index (χ2n) is 4.41. The Labute approximate surface area is 120 Å². The maximum atomic E-state index is 12.0. The van der Waals surface area contributed by atoms with Crippen LogP contribution in [0.3, 0.4) is 0 Å². The van der Waals surface area contributed by atoms with Gasteiger partial charge in [0.2, 0.25) is 5.91 Å². The molecule has 0 aromatic heterocycles. The standard InChI is InChI=1S/C14H15F3N2O2/c1-2-3-11(9-18)19-13(20)8-10-4-6-12(7-5-10)21-14(15,16)17/h4-7,11H,2-3,8H2,1H3,(H,19,20)/t11-/m1/s1. The molecular weight excluding hydrogens is 285 g/mol. The van der Waals surface area contributed by atoms with Gasteiger partial charge in [0.05, 0.1) is 12.5 Å². The zero-order chi connectivity index (χ0) is 15.9. The van der Waals surface area contributed by atoms with E-state index in [2.05, 4.69) is 10.1 Å². The molecule has 0 saturated heterocycles. The molecule has 0 heterocycles. The molecule has 0 fully saturated rings. The lowest BCUT2D eigenvalue weighted by atomic mass is 10.1. The van der Waals surface area contributed by atoms with Crippen molar-refractivity contribution >= 4 is 5.91 Å². The number of benzene rings is 1. The van der Waals surface area contributed by atoms with Crippen LogP contribution in [-0.2, 0) is 11.2 Å². The van der Waals surface area contributed by atoms with Gasteiger partial charge < -0.3 is 10.1 Å². The van der Waals surface area contributed by atoms with Crippen LogP contribution in [0.25, 0.3) is 0 Å². The van der Waals surface area contributed by atoms with E-state index in [0.717, 1.165) is 18.6 Å². The zero-order valence-corrected chi connectivity index (χ0v) is 11.4. The van der Waals surface area contributed by atoms with E-state index in [4.69, 9.17) is 5.26 Å². The SMILES string of the molecule is CCC[C@H](C#N)NC(=O)Cc1ccc(OC(F)(F)F)cc1. The minimum Gasteiger partial charge on any atom is -0.406 e. The van der Waals surface area contributed by atoms with Crippen LogP contribution >= 0.6 is 0 Å². The summed E-state index contributed by atoms with van der Waals surface area (Å²) in [6.45, 7) is 1.90. The number of nitrogens with one attached hydrogen (secondary N) is 1. The Morgan fingerprint density at radius 2 is 2.00 bits per heavy atom. The molecule has 0 aliphatic heterocycles. The monoisotopic (exact) mass is 300 g/mol. The van der Waals surface area contributed by atoms with Gasteiger partial charge in [0.25, 0.3) is 0 Å². The minimum atomic E-state index is -4.74. The highest BCUT2D eigenvalue weighted by Gasteiger charge is 2.30. The lowest BCUT2D eigenvalue weighted by molar-refractivity contribution is -0.274. The van der Waals surface area contributed by atoms with Gasteiger partial charge in [0.1, 0.15) is 11.8 Å². The number of nitrogens with zero attached hydrogens (tertiary/aromatic N) is 1. The first-order valence-corrected chi connectivity index (χ1v) is 6.37. The molecule has 1 amide bonds. The van der Waals surface area contributed by atoms with E-state index in [1.807, 2.05) is 13.0 Å². The van der Waals surface area contributed by atoms with Crippen LogP contribution in [0.15, 0.2) is 24.3 Å². The molecule has 0 radical (unpaired) electrons. The summed E-state index contributed by atoms with van der Waals surface area (Å²) < 4.78 is 39.7. The van der Waals surface area contributed by atoms with Gasteiger partial charge in [0, 0.05) is 0 Å². The highest BCUT2D eigenvalue weighted by Crippen LogP contribution is 2.22. The van der Waals surface area contributed by atoms with E-state index in [1.54, 1.807) is 0 Å². The van der Waals surface area contributed by atoms with Crippen molar-refractivity contribution < 1.29 is 22.7 Å². The van der Waals surface area contributed by atoms with E-state index in [-0.39, 0.29) is 18.1 Å². The number of carbonyl (C=O) groups is 1. The van der Waals surface area contributed by atoms with Gasteiger partial charge in [-0.05, 0) is 24.1 Å². The molecule has 0 spiro atoms. The van der Waals surface area contributed by atoms with Gasteiger partial charge in [0.15, 0.2) is 0 Å². The predicted molar refractivity (Wildman–Crippen MR) is 69.3 cm³/mol. The number of nitriles is 1. The summed E-state index contributed by atoms with van der Waals surface area (Å²) in [5, 5.41) is 11.4. The van der Waals surface area contributed by atoms with E-state index in [0.29, 0.717) is 12.0 Å². The quantitative estimate of drug-likeness (QED) is 0.878. The highest BCUT2D eigenvalue weighted by molar-refractivity contribution is 5.79. The fourth-order valence-electron chi connectivity index (χ4n) is 1.70. The van der Waals surface area contributed by atoms with Crippen LogP contribution in [0.5, 0.6) is 5.75 Å². The summed E-state index contributed by atoms with van der Waals surface area (Å²) in [7, 11) is 0. The van der Waals surface area contributed by atoms with Crippen molar-refractivity contribution in [3.05, 3.63) is 29.8 Å². The van der Waals surface area contributed by atoms with Crippen molar-refractivity contribution in [3.63, 3.8) is 0 Å². The molecule has 1 rings (SSSR count). The van der Waals surface area contributed by atoms with Crippen LogP contribution in [-0.4, -0.2) is 18.3 Å². The highest BCUT2D eigenvalue weighted by atomic mass is 19.4. The number of amides is 1. The van der Waals surface area contributed by atoms with Crippen LogP contribution in [0.1, 0.15) is 25.3 Å². The van der Waals surface area contributed by atoms with Crippen LogP contribution < -0.4 is 10.1 Å². The van der Waals surface area contributed by atoms with Gasteiger partial charge in [-0.3, -0.25) is 4.79 Å². The van der Waals surface area contributed by atoms with E-state index in [1.165, 1.54) is 12.1 Å². The first-order chi connectivity index (χ1) is 9.84. The van der Waals surface area contributed by atoms with Crippen molar-refractivity contribution in [3.8, 4) is 11.8 Å². The number of ether oxygens (including phenoxy) is 1. The summed E-state index contributed by atoms with van der Waals surface area (Å²) >= 11 is 0. The molecule has 0 aliphatic rings. The predicted octanol–water partition coefficient (Wildman–Crippen LogP) is 2.94. The molecule has 1 aromatic carbocycles. The summed E-state index contributed by atoms with van der Waals surface area (Å²) in [4.78, 5) is 11.7. The number of alkyl halides is 3. The lowest BCUT2D eigenvalue weighted by Crippen LogP contribution is -2.34. The van der Waals surface area contributed by atoms with E-state index in [9.17, 15) is 18.0 Å². The molecule has 7 heteroatoms. The third kappa shape index (κ3) is 6.65. The van der Waals surface area contributed by atoms with Crippen LogP contribution in [0.4, 0.5) is 13.2 Å². The van der Waals surface area contributed by atoms with Crippen molar-refractivity contribution in [2.75, 3.05) is 0 Å². The molecule has 0 saturated carbocycles. The molecule has 0 unspecified atom stereocenters. The molecule has 4 nitrogen and oxygen atoms in total. The van der Waals surface area contributed by atoms with E-state index >= 15 is 0 Å². The normalized spacial score (nSPS) is 12.3. The first-order valence-electron chi connectivity index (χ1n) is 6.37. The Kier molecular flexibility index (Phi) is 6.03. The fourth-order valence-corrected chi connectivity index (χ4v) is 1.70. The summed E-state index contributed by atoms with van der Waals surface area (Å²) in [5.74, 6) is -0.688. The molecule has 0 aliphatic carbocycles. The maximum absolute atomic E-state index is 12.0. The van der Waals surface area contributed by atoms with Gasteiger partial charge in [-0.1, -0.05) is 25.5 Å². The molecule has 1 atom stereocenters. The number of halogens is 3. The molecule has 21 heavy (non-hydrogen) atoms. The number of hydrogen-bond donors (Lipinski definition) is 1. The van der Waals surface area contributed by atoms with Crippen LogP contribution in [0.2, 0.25) is 0 Å². The van der Waals surface area contributed by atoms with Crippen LogP contribution in [0, 0.1) is 11.3 Å². The lowest BCUT2D eigenvalue weighted by Gasteiger charge is -2.11. The van der Waals surface area contributed by atoms with Gasteiger partial charge in [-0.25, -0.2) is 0 Å². The third-order valence-corrected chi connectivity index (χ3v) is 2.59. The van der Waals surface area contributed by atoms with Gasteiger partial charge in [-0.2, -0.15) is 5.26 Å². The topological polar surface area (TPSA) is 62.1 Å². The molecule has 1 aromatic rings. The number of rotatable bonds is 6. The van der Waals surface area contributed by atoms with Gasteiger partial charge in [-0.15, -0.1) is 13.2 Å². The van der Waals surface area contributed by atoms with Gasteiger partial charge >= 0.3 is 6.36 Å². The summed E-state index contributed by atoms with van der Waals surface area (Å²) in [6.07, 6.45) is -3.42. The number of hydrogen-bond acceptors (Lipinski definition) is 3. The number of carbonyl (C=O) groups excluding carboxylic acids is 1. The Balaban J connectivity index is 2.56. The fraction of sp³-hybridized carbons (Fsp3) is 0.429. The average molecular weight is 300 g/mol. The minimum absolute atomic E-state index is 0.00576. The summed E-state index contributed by atoms with van der Waals surface area (Å²) in [5.41, 5.74) is 0.537. The smallest absolute Gasteiger partial charge is 0.406 e. The Hall–Kier alpha value is -2.23. The molecule has 0 bridgehead atoms. The first kappa shape index (κ1) is 16.8. The second kappa shape index (κ2) is 7.53. The second-order valence-corrected chi connectivity index (χ2v) is 4.41. The van der Waals surface area contributed by atoms with Crippen molar-refractivity contribution in [2.45, 2.75) is 38.6 Å². The Morgan fingerprint density at radius 1 is 1.38 bits per heavy atom. The maximum Gasteiger partial charge on any atom is 0.573 e.